The van der Waals surface area contributed by atoms with Gasteiger partial charge < -0.3 is 4.74 Å². The second-order valence-corrected chi connectivity index (χ2v) is 8.70. The number of hydrogen-bond acceptors (Lipinski definition) is 5. The molecule has 166 valence electrons. The van der Waals surface area contributed by atoms with Crippen molar-refractivity contribution in [3.05, 3.63) is 60.4 Å². The molecular weight excluding hydrogens is 412 g/mol. The Kier molecular flexibility index (Phi) is 5.03. The molecule has 0 aliphatic carbocycles. The van der Waals surface area contributed by atoms with Gasteiger partial charge in [0.1, 0.15) is 18.2 Å². The van der Waals surface area contributed by atoms with Gasteiger partial charge in [0.15, 0.2) is 5.82 Å². The molecule has 0 bridgehead atoms. The molecule has 5 aromatic rings. The zero-order valence-corrected chi connectivity index (χ0v) is 18.6. The molecule has 1 aliphatic rings. The normalized spacial score (nSPS) is 14.5. The van der Waals surface area contributed by atoms with Crippen molar-refractivity contribution in [3.63, 3.8) is 0 Å². The first-order valence-corrected chi connectivity index (χ1v) is 11.5. The van der Waals surface area contributed by atoms with Crippen LogP contribution in [0.5, 0.6) is 5.75 Å². The van der Waals surface area contributed by atoms with Crippen LogP contribution < -0.4 is 4.74 Å². The van der Waals surface area contributed by atoms with Gasteiger partial charge in [-0.2, -0.15) is 10.2 Å². The topological polar surface area (TPSA) is 82.7 Å². The number of fused-ring (bicyclic) bond motifs is 2. The number of likely N-dealkylation sites (tertiary alicyclic amines) is 1. The third kappa shape index (κ3) is 3.96. The first-order chi connectivity index (χ1) is 16.2. The van der Waals surface area contributed by atoms with Crippen LogP contribution in [-0.4, -0.2) is 56.5 Å². The Balaban J connectivity index is 1.26. The lowest BCUT2D eigenvalue weighted by atomic mass is 10.0. The SMILES string of the molecule is Cc1nc(-c2ccc3[nH]nc(-c4ccc5cc(OCCN6CCCC6)ccc5c4)c3c2)n[nH]1. The van der Waals surface area contributed by atoms with Crippen LogP contribution in [0, 0.1) is 6.92 Å². The highest BCUT2D eigenvalue weighted by atomic mass is 16.5. The van der Waals surface area contributed by atoms with Crippen LogP contribution in [0.15, 0.2) is 54.6 Å². The molecule has 33 heavy (non-hydrogen) atoms. The van der Waals surface area contributed by atoms with Crippen molar-refractivity contribution in [3.8, 4) is 28.4 Å². The molecule has 7 heteroatoms. The van der Waals surface area contributed by atoms with Gasteiger partial charge in [-0.15, -0.1) is 0 Å². The number of benzene rings is 3. The fraction of sp³-hybridized carbons (Fsp3) is 0.269. The van der Waals surface area contributed by atoms with Gasteiger partial charge in [-0.25, -0.2) is 4.98 Å². The van der Waals surface area contributed by atoms with Crippen molar-refractivity contribution >= 4 is 21.7 Å². The summed E-state index contributed by atoms with van der Waals surface area (Å²) in [5, 5.41) is 18.3. The van der Waals surface area contributed by atoms with Gasteiger partial charge in [0, 0.05) is 23.1 Å². The Labute approximate surface area is 191 Å². The van der Waals surface area contributed by atoms with E-state index in [1.54, 1.807) is 0 Å². The van der Waals surface area contributed by atoms with Gasteiger partial charge in [0.05, 0.1) is 11.2 Å². The first kappa shape index (κ1) is 19.9. The Morgan fingerprint density at radius 1 is 0.879 bits per heavy atom. The summed E-state index contributed by atoms with van der Waals surface area (Å²) in [6.07, 6.45) is 2.62. The molecule has 6 rings (SSSR count). The average Bonchev–Trinajstić information content (AvgIpc) is 3.59. The number of aromatic amines is 2. The second kappa shape index (κ2) is 8.33. The minimum atomic E-state index is 0.692. The molecule has 2 aromatic heterocycles. The minimum Gasteiger partial charge on any atom is -0.492 e. The van der Waals surface area contributed by atoms with Crippen LogP contribution in [0.4, 0.5) is 0 Å². The fourth-order valence-corrected chi connectivity index (χ4v) is 4.60. The summed E-state index contributed by atoms with van der Waals surface area (Å²) in [5.74, 6) is 2.41. The quantitative estimate of drug-likeness (QED) is 0.392. The van der Waals surface area contributed by atoms with Crippen molar-refractivity contribution in [1.29, 1.82) is 0 Å². The summed E-state index contributed by atoms with van der Waals surface area (Å²) in [6, 6.07) is 18.9. The standard InChI is InChI=1S/C26H26N6O/c1-17-27-26(31-28-17)21-7-9-24-23(16-21)25(30-29-24)20-5-4-19-15-22(8-6-18(19)14-20)33-13-12-32-10-2-3-11-32/h4-9,14-16H,2-3,10-13H2,1H3,(H,29,30)(H,27,28,31). The Morgan fingerprint density at radius 3 is 2.55 bits per heavy atom. The van der Waals surface area contributed by atoms with E-state index in [1.165, 1.54) is 25.9 Å². The molecule has 1 saturated heterocycles. The van der Waals surface area contributed by atoms with E-state index in [4.69, 9.17) is 4.74 Å². The van der Waals surface area contributed by atoms with Crippen LogP contribution >= 0.6 is 0 Å². The third-order valence-corrected chi connectivity index (χ3v) is 6.38. The van der Waals surface area contributed by atoms with Crippen LogP contribution in [0.25, 0.3) is 44.3 Å². The van der Waals surface area contributed by atoms with Crippen LogP contribution in [-0.2, 0) is 0 Å². The van der Waals surface area contributed by atoms with Crippen molar-refractivity contribution in [2.45, 2.75) is 19.8 Å². The number of nitrogens with one attached hydrogen (secondary N) is 2. The summed E-state index contributed by atoms with van der Waals surface area (Å²) >= 11 is 0. The summed E-state index contributed by atoms with van der Waals surface area (Å²) in [4.78, 5) is 6.92. The van der Waals surface area contributed by atoms with E-state index in [9.17, 15) is 0 Å². The molecule has 3 aromatic carbocycles. The van der Waals surface area contributed by atoms with E-state index in [0.29, 0.717) is 5.82 Å². The largest absolute Gasteiger partial charge is 0.492 e. The molecule has 0 atom stereocenters. The molecular formula is C26H26N6O. The molecule has 1 fully saturated rings. The van der Waals surface area contributed by atoms with E-state index in [0.717, 1.165) is 63.2 Å². The van der Waals surface area contributed by atoms with E-state index in [1.807, 2.05) is 19.1 Å². The molecule has 0 spiro atoms. The van der Waals surface area contributed by atoms with E-state index in [-0.39, 0.29) is 0 Å². The van der Waals surface area contributed by atoms with Gasteiger partial charge in [-0.1, -0.05) is 18.2 Å². The zero-order valence-electron chi connectivity index (χ0n) is 18.6. The number of hydrogen-bond donors (Lipinski definition) is 2. The Hall–Kier alpha value is -3.71. The molecule has 0 amide bonds. The summed E-state index contributed by atoms with van der Waals surface area (Å²) in [5.41, 5.74) is 3.94. The number of nitrogens with zero attached hydrogens (tertiary/aromatic N) is 4. The lowest BCUT2D eigenvalue weighted by molar-refractivity contribution is 0.238. The van der Waals surface area contributed by atoms with Crippen molar-refractivity contribution in [2.24, 2.45) is 0 Å². The van der Waals surface area contributed by atoms with E-state index >= 15 is 0 Å². The highest BCUT2D eigenvalue weighted by Crippen LogP contribution is 2.32. The average molecular weight is 439 g/mol. The monoisotopic (exact) mass is 438 g/mol. The Morgan fingerprint density at radius 2 is 1.70 bits per heavy atom. The number of aryl methyl sites for hydroxylation is 1. The number of H-pyrrole nitrogens is 2. The minimum absolute atomic E-state index is 0.692. The summed E-state index contributed by atoms with van der Waals surface area (Å²) in [7, 11) is 0. The molecule has 0 radical (unpaired) electrons. The highest BCUT2D eigenvalue weighted by molar-refractivity contribution is 5.97. The number of aromatic nitrogens is 5. The van der Waals surface area contributed by atoms with Gasteiger partial charge in [-0.3, -0.25) is 15.1 Å². The van der Waals surface area contributed by atoms with Crippen LogP contribution in [0.2, 0.25) is 0 Å². The lowest BCUT2D eigenvalue weighted by Crippen LogP contribution is -2.25. The van der Waals surface area contributed by atoms with Crippen molar-refractivity contribution in [1.82, 2.24) is 30.3 Å². The fourth-order valence-electron chi connectivity index (χ4n) is 4.60. The van der Waals surface area contributed by atoms with Gasteiger partial charge in [0.25, 0.3) is 0 Å². The first-order valence-electron chi connectivity index (χ1n) is 11.5. The molecule has 1 aliphatic heterocycles. The molecule has 0 unspecified atom stereocenters. The summed E-state index contributed by atoms with van der Waals surface area (Å²) < 4.78 is 6.02. The predicted octanol–water partition coefficient (Wildman–Crippen LogP) is 4.95. The molecule has 7 nitrogen and oxygen atoms in total. The number of rotatable bonds is 6. The smallest absolute Gasteiger partial charge is 0.181 e. The molecule has 0 saturated carbocycles. The highest BCUT2D eigenvalue weighted by Gasteiger charge is 2.13. The van der Waals surface area contributed by atoms with Crippen LogP contribution in [0.1, 0.15) is 18.7 Å². The van der Waals surface area contributed by atoms with Gasteiger partial charge in [0.2, 0.25) is 0 Å². The zero-order chi connectivity index (χ0) is 22.2. The van der Waals surface area contributed by atoms with E-state index < -0.39 is 0 Å². The van der Waals surface area contributed by atoms with Gasteiger partial charge >= 0.3 is 0 Å². The van der Waals surface area contributed by atoms with Crippen molar-refractivity contribution < 1.29 is 4.74 Å². The molecule has 3 heterocycles. The number of ether oxygens (including phenoxy) is 1. The van der Waals surface area contributed by atoms with Crippen LogP contribution in [0.3, 0.4) is 0 Å². The maximum absolute atomic E-state index is 6.02. The van der Waals surface area contributed by atoms with Crippen molar-refractivity contribution in [2.75, 3.05) is 26.2 Å². The molecule has 2 N–H and O–H groups in total. The Bertz CT molecular complexity index is 1430. The summed E-state index contributed by atoms with van der Waals surface area (Å²) in [6.45, 7) is 6.03. The van der Waals surface area contributed by atoms with Gasteiger partial charge in [-0.05, 0) is 80.0 Å². The third-order valence-electron chi connectivity index (χ3n) is 6.38. The maximum Gasteiger partial charge on any atom is 0.181 e. The predicted molar refractivity (Wildman–Crippen MR) is 130 cm³/mol. The lowest BCUT2D eigenvalue weighted by Gasteiger charge is -2.15. The maximum atomic E-state index is 6.02. The second-order valence-electron chi connectivity index (χ2n) is 8.70. The van der Waals surface area contributed by atoms with E-state index in [2.05, 4.69) is 72.7 Å².